The summed E-state index contributed by atoms with van der Waals surface area (Å²) in [5.41, 5.74) is 0. The quantitative estimate of drug-likeness (QED) is 0.476. The van der Waals surface area contributed by atoms with Crippen molar-refractivity contribution < 1.29 is 9.22 Å². The van der Waals surface area contributed by atoms with Crippen molar-refractivity contribution in [3.05, 3.63) is 0 Å². The van der Waals surface area contributed by atoms with E-state index in [0.717, 1.165) is 56.8 Å². The van der Waals surface area contributed by atoms with Gasteiger partial charge in [0.05, 0.1) is 20.1 Å². The van der Waals surface area contributed by atoms with E-state index in [1.807, 2.05) is 14.1 Å². The van der Waals surface area contributed by atoms with Crippen molar-refractivity contribution in [2.75, 3.05) is 81.1 Å². The SMILES string of the molecule is CCOC(CCN(C)C)C[N+](C)(CCNC)CCNC. The summed E-state index contributed by atoms with van der Waals surface area (Å²) in [7, 11) is 10.6. The maximum absolute atomic E-state index is 5.96. The van der Waals surface area contributed by atoms with Gasteiger partial charge in [0.15, 0.2) is 0 Å². The standard InChI is InChI=1S/C15H37N4O/c1-7-20-15(8-11-18(4)5)14-19(6,12-9-16-2)13-10-17-3/h15-17H,7-14H2,1-6H3/q+1. The van der Waals surface area contributed by atoms with Crippen LogP contribution < -0.4 is 10.6 Å². The molecule has 0 aromatic heterocycles. The molecule has 0 aliphatic heterocycles. The Labute approximate surface area is 126 Å². The monoisotopic (exact) mass is 289 g/mol. The molecule has 2 N–H and O–H groups in total. The van der Waals surface area contributed by atoms with Crippen LogP contribution in [0.1, 0.15) is 13.3 Å². The summed E-state index contributed by atoms with van der Waals surface area (Å²) in [4.78, 5) is 2.23. The number of nitrogens with zero attached hydrogens (tertiary/aromatic N) is 2. The van der Waals surface area contributed by atoms with Gasteiger partial charge in [0.2, 0.25) is 0 Å². The van der Waals surface area contributed by atoms with E-state index >= 15 is 0 Å². The zero-order chi connectivity index (χ0) is 15.4. The normalized spacial score (nSPS) is 13.9. The first kappa shape index (κ1) is 19.8. The second-order valence-electron chi connectivity index (χ2n) is 6.13. The molecule has 0 radical (unpaired) electrons. The van der Waals surface area contributed by atoms with E-state index in [1.165, 1.54) is 0 Å². The van der Waals surface area contributed by atoms with Crippen molar-refractivity contribution in [3.8, 4) is 0 Å². The predicted octanol–water partition coefficient (Wildman–Crippen LogP) is 0.229. The molecule has 0 fully saturated rings. The molecule has 0 heterocycles. The highest BCUT2D eigenvalue weighted by molar-refractivity contribution is 4.61. The van der Waals surface area contributed by atoms with Gasteiger partial charge in [-0.2, -0.15) is 0 Å². The molecule has 1 atom stereocenters. The molecule has 0 saturated carbocycles. The maximum atomic E-state index is 5.96. The molecule has 122 valence electrons. The highest BCUT2D eigenvalue weighted by atomic mass is 16.5. The molecule has 1 unspecified atom stereocenters. The number of hydrogen-bond acceptors (Lipinski definition) is 4. The minimum absolute atomic E-state index is 0.348. The van der Waals surface area contributed by atoms with Gasteiger partial charge in [0.1, 0.15) is 12.6 Å². The highest BCUT2D eigenvalue weighted by Gasteiger charge is 2.26. The molecule has 20 heavy (non-hydrogen) atoms. The molecule has 5 nitrogen and oxygen atoms in total. The van der Waals surface area contributed by atoms with E-state index in [1.54, 1.807) is 0 Å². The number of hydrogen-bond donors (Lipinski definition) is 2. The van der Waals surface area contributed by atoms with Gasteiger partial charge in [-0.1, -0.05) is 0 Å². The van der Waals surface area contributed by atoms with E-state index in [9.17, 15) is 0 Å². The third kappa shape index (κ3) is 9.66. The summed E-state index contributed by atoms with van der Waals surface area (Å²) in [6.07, 6.45) is 1.45. The Hall–Kier alpha value is -0.200. The Morgan fingerprint density at radius 3 is 2.05 bits per heavy atom. The Bertz CT molecular complexity index is 216. The molecular formula is C15H37N4O+. The lowest BCUT2D eigenvalue weighted by atomic mass is 10.2. The zero-order valence-corrected chi connectivity index (χ0v) is 14.5. The molecule has 0 aliphatic rings. The minimum atomic E-state index is 0.348. The molecule has 0 aromatic rings. The second-order valence-corrected chi connectivity index (χ2v) is 6.13. The van der Waals surface area contributed by atoms with Crippen LogP contribution in [0.4, 0.5) is 0 Å². The lowest BCUT2D eigenvalue weighted by Gasteiger charge is -2.37. The maximum Gasteiger partial charge on any atom is 0.108 e. The van der Waals surface area contributed by atoms with Crippen molar-refractivity contribution >= 4 is 0 Å². The van der Waals surface area contributed by atoms with Gasteiger partial charge in [0.25, 0.3) is 0 Å². The van der Waals surface area contributed by atoms with Crippen LogP contribution in [0.2, 0.25) is 0 Å². The van der Waals surface area contributed by atoms with Crippen molar-refractivity contribution in [1.29, 1.82) is 0 Å². The Kier molecular flexibility index (Phi) is 11.3. The van der Waals surface area contributed by atoms with Gasteiger partial charge < -0.3 is 24.8 Å². The summed E-state index contributed by atoms with van der Waals surface area (Å²) in [6.45, 7) is 9.45. The van der Waals surface area contributed by atoms with Gasteiger partial charge in [-0.15, -0.1) is 0 Å². The van der Waals surface area contributed by atoms with Gasteiger partial charge in [-0.3, -0.25) is 0 Å². The highest BCUT2D eigenvalue weighted by Crippen LogP contribution is 2.09. The van der Waals surface area contributed by atoms with Crippen LogP contribution in [-0.4, -0.2) is 96.6 Å². The second kappa shape index (κ2) is 11.5. The molecule has 0 aliphatic carbocycles. The number of ether oxygens (including phenoxy) is 1. The van der Waals surface area contributed by atoms with E-state index in [4.69, 9.17) is 4.74 Å². The molecule has 5 heteroatoms. The third-order valence-corrected chi connectivity index (χ3v) is 3.75. The molecule has 0 amide bonds. The van der Waals surface area contributed by atoms with Crippen LogP contribution >= 0.6 is 0 Å². The lowest BCUT2D eigenvalue weighted by molar-refractivity contribution is -0.910. The van der Waals surface area contributed by atoms with Crippen molar-refractivity contribution in [2.45, 2.75) is 19.4 Å². The van der Waals surface area contributed by atoms with E-state index in [2.05, 4.69) is 43.6 Å². The average Bonchev–Trinajstić information content (AvgIpc) is 2.41. The number of quaternary nitrogens is 1. The molecule has 0 spiro atoms. The fraction of sp³-hybridized carbons (Fsp3) is 1.00. The molecule has 0 aromatic carbocycles. The molecule has 0 rings (SSSR count). The van der Waals surface area contributed by atoms with Crippen LogP contribution in [0.25, 0.3) is 0 Å². The van der Waals surface area contributed by atoms with Crippen molar-refractivity contribution in [1.82, 2.24) is 15.5 Å². The largest absolute Gasteiger partial charge is 0.373 e. The zero-order valence-electron chi connectivity index (χ0n) is 14.5. The van der Waals surface area contributed by atoms with Crippen LogP contribution in [0, 0.1) is 0 Å². The fourth-order valence-corrected chi connectivity index (χ4v) is 2.41. The van der Waals surface area contributed by atoms with E-state index in [-0.39, 0.29) is 0 Å². The van der Waals surface area contributed by atoms with Crippen molar-refractivity contribution in [3.63, 3.8) is 0 Å². The number of likely N-dealkylation sites (N-methyl/N-ethyl adjacent to an activating group) is 3. The van der Waals surface area contributed by atoms with Crippen LogP contribution in [0.5, 0.6) is 0 Å². The Balaban J connectivity index is 4.50. The van der Waals surface area contributed by atoms with Crippen LogP contribution in [-0.2, 0) is 4.74 Å². The molecular weight excluding hydrogens is 252 g/mol. The summed E-state index contributed by atoms with van der Waals surface area (Å²) >= 11 is 0. The first-order chi connectivity index (χ1) is 9.47. The summed E-state index contributed by atoms with van der Waals surface area (Å²) < 4.78 is 7.02. The van der Waals surface area contributed by atoms with Gasteiger partial charge in [0, 0.05) is 26.2 Å². The van der Waals surface area contributed by atoms with E-state index < -0.39 is 0 Å². The first-order valence-electron chi connectivity index (χ1n) is 7.86. The van der Waals surface area contributed by atoms with Gasteiger partial charge in [-0.25, -0.2) is 0 Å². The van der Waals surface area contributed by atoms with Crippen LogP contribution in [0.15, 0.2) is 0 Å². The summed E-state index contributed by atoms with van der Waals surface area (Å²) in [5.74, 6) is 0. The average molecular weight is 289 g/mol. The van der Waals surface area contributed by atoms with Gasteiger partial charge in [-0.05, 0) is 41.5 Å². The van der Waals surface area contributed by atoms with Crippen molar-refractivity contribution in [2.24, 2.45) is 0 Å². The Morgan fingerprint density at radius 1 is 1.10 bits per heavy atom. The smallest absolute Gasteiger partial charge is 0.108 e. The topological polar surface area (TPSA) is 36.5 Å². The third-order valence-electron chi connectivity index (χ3n) is 3.75. The predicted molar refractivity (Wildman–Crippen MR) is 87.2 cm³/mol. The number of nitrogens with one attached hydrogen (secondary N) is 2. The first-order valence-corrected chi connectivity index (χ1v) is 7.86. The van der Waals surface area contributed by atoms with Crippen LogP contribution in [0.3, 0.4) is 0 Å². The minimum Gasteiger partial charge on any atom is -0.373 e. The summed E-state index contributed by atoms with van der Waals surface area (Å²) in [5, 5.41) is 6.54. The summed E-state index contributed by atoms with van der Waals surface area (Å²) in [6, 6.07) is 0. The fourth-order valence-electron chi connectivity index (χ4n) is 2.41. The lowest BCUT2D eigenvalue weighted by Crippen LogP contribution is -2.54. The van der Waals surface area contributed by atoms with Gasteiger partial charge >= 0.3 is 0 Å². The molecule has 0 saturated heterocycles. The Morgan fingerprint density at radius 2 is 1.65 bits per heavy atom. The molecule has 0 bridgehead atoms. The van der Waals surface area contributed by atoms with E-state index in [0.29, 0.717) is 6.10 Å². The number of rotatable bonds is 13.